The Balaban J connectivity index is 4.28. The van der Waals surface area contributed by atoms with Crippen LogP contribution in [0.25, 0.3) is 0 Å². The van der Waals surface area contributed by atoms with Crippen molar-refractivity contribution in [1.82, 2.24) is 0 Å². The maximum Gasteiger partial charge on any atom is 0.362 e. The van der Waals surface area contributed by atoms with Crippen LogP contribution in [0.15, 0.2) is 36.5 Å². The summed E-state index contributed by atoms with van der Waals surface area (Å²) in [5.41, 5.74) is 0. The molecule has 53 heavy (non-hydrogen) atoms. The van der Waals surface area contributed by atoms with Crippen molar-refractivity contribution in [3.05, 3.63) is 36.5 Å². The second-order valence-corrected chi connectivity index (χ2v) is 15.6. The second-order valence-electron chi connectivity index (χ2n) is 15.6. The van der Waals surface area contributed by atoms with Gasteiger partial charge in [0.25, 0.3) is 0 Å². The number of esters is 2. The molecule has 0 aliphatic rings. The van der Waals surface area contributed by atoms with E-state index < -0.39 is 18.1 Å². The molecule has 2 unspecified atom stereocenters. The molecule has 0 bridgehead atoms. The first-order chi connectivity index (χ1) is 25.6. The molecular formula is C45H82NO7+. The number of nitrogens with zero attached hydrogens (tertiary/aromatic N) is 1. The van der Waals surface area contributed by atoms with Crippen LogP contribution in [-0.2, 0) is 28.6 Å². The molecule has 0 saturated heterocycles. The third kappa shape index (κ3) is 35.0. The van der Waals surface area contributed by atoms with Crippen LogP contribution in [0.1, 0.15) is 181 Å². The number of likely N-dealkylation sites (N-methyl/N-ethyl adjacent to an activating group) is 1. The van der Waals surface area contributed by atoms with E-state index in [4.69, 9.17) is 14.2 Å². The van der Waals surface area contributed by atoms with Gasteiger partial charge in [0.2, 0.25) is 0 Å². The molecular weight excluding hydrogens is 666 g/mol. The molecule has 0 fully saturated rings. The highest BCUT2D eigenvalue weighted by molar-refractivity contribution is 5.72. The number of rotatable bonds is 38. The summed E-state index contributed by atoms with van der Waals surface area (Å²) in [7, 11) is 5.51. The zero-order chi connectivity index (χ0) is 39.3. The molecule has 0 rings (SSSR count). The van der Waals surface area contributed by atoms with Gasteiger partial charge in [-0.25, -0.2) is 4.79 Å². The van der Waals surface area contributed by atoms with Crippen LogP contribution in [0, 0.1) is 0 Å². The van der Waals surface area contributed by atoms with Crippen molar-refractivity contribution in [3.63, 3.8) is 0 Å². The molecule has 8 nitrogen and oxygen atoms in total. The number of carbonyl (C=O) groups excluding carboxylic acids is 2. The van der Waals surface area contributed by atoms with Gasteiger partial charge in [-0.1, -0.05) is 134 Å². The van der Waals surface area contributed by atoms with E-state index in [0.717, 1.165) is 51.4 Å². The van der Waals surface area contributed by atoms with E-state index in [2.05, 4.69) is 50.3 Å². The van der Waals surface area contributed by atoms with Crippen LogP contribution in [0.4, 0.5) is 0 Å². The maximum absolute atomic E-state index is 12.7. The van der Waals surface area contributed by atoms with E-state index in [9.17, 15) is 19.5 Å². The number of ether oxygens (including phenoxy) is 3. The zero-order valence-electron chi connectivity index (χ0n) is 35.0. The molecule has 0 radical (unpaired) electrons. The lowest BCUT2D eigenvalue weighted by Gasteiger charge is -2.31. The Kier molecular flexibility index (Phi) is 34.8. The molecule has 308 valence electrons. The monoisotopic (exact) mass is 749 g/mol. The Hall–Kier alpha value is -2.45. The molecule has 0 aromatic heterocycles. The molecule has 8 heteroatoms. The van der Waals surface area contributed by atoms with E-state index in [1.165, 1.54) is 96.3 Å². The molecule has 0 aliphatic carbocycles. The van der Waals surface area contributed by atoms with Gasteiger partial charge in [0.1, 0.15) is 6.61 Å². The van der Waals surface area contributed by atoms with E-state index >= 15 is 0 Å². The lowest BCUT2D eigenvalue weighted by atomic mass is 10.1. The lowest BCUT2D eigenvalue weighted by Crippen LogP contribution is -2.50. The number of allylic oxidation sites excluding steroid dienone is 6. The highest BCUT2D eigenvalue weighted by atomic mass is 16.6. The second kappa shape index (κ2) is 36.5. The molecule has 0 aromatic rings. The number of hydrogen-bond acceptors (Lipinski definition) is 6. The van der Waals surface area contributed by atoms with Gasteiger partial charge in [-0.15, -0.1) is 0 Å². The van der Waals surface area contributed by atoms with Gasteiger partial charge in [-0.3, -0.25) is 9.59 Å². The standard InChI is InChI=1S/C45H81NO7/c1-6-8-10-12-14-16-17-18-19-20-21-22-23-24-25-26-28-30-32-34-36-44(48)53-41(39-51-38-37-42(45(49)50)46(3,4)5)40-52-43(47)35-33-31-29-27-15-13-11-9-7-2/h9,11,15,21-22,27,41-42H,6-8,10,12-14,16-20,23-26,28-40H2,1-5H3/p+1/b11-9+,22-21+,27-15+. The van der Waals surface area contributed by atoms with Gasteiger partial charge in [0, 0.05) is 19.3 Å². The first kappa shape index (κ1) is 50.5. The van der Waals surface area contributed by atoms with Gasteiger partial charge in [0.15, 0.2) is 12.1 Å². The summed E-state index contributed by atoms with van der Waals surface area (Å²) >= 11 is 0. The number of hydrogen-bond donors (Lipinski definition) is 1. The summed E-state index contributed by atoms with van der Waals surface area (Å²) in [5.74, 6) is -1.52. The predicted molar refractivity (Wildman–Crippen MR) is 220 cm³/mol. The fraction of sp³-hybridized carbons (Fsp3) is 0.800. The van der Waals surface area contributed by atoms with Crippen molar-refractivity contribution in [2.24, 2.45) is 0 Å². The number of carboxylic acids is 1. The van der Waals surface area contributed by atoms with Crippen LogP contribution in [0.5, 0.6) is 0 Å². The highest BCUT2D eigenvalue weighted by Crippen LogP contribution is 2.14. The number of carboxylic acid groups (broad SMARTS) is 1. The third-order valence-electron chi connectivity index (χ3n) is 9.52. The van der Waals surface area contributed by atoms with E-state index in [1.54, 1.807) is 0 Å². The Morgan fingerprint density at radius 3 is 1.60 bits per heavy atom. The fourth-order valence-corrected chi connectivity index (χ4v) is 6.18. The summed E-state index contributed by atoms with van der Waals surface area (Å²) in [4.78, 5) is 36.8. The summed E-state index contributed by atoms with van der Waals surface area (Å²) in [6, 6.07) is -0.618. The summed E-state index contributed by atoms with van der Waals surface area (Å²) in [5, 5.41) is 9.59. The number of carbonyl (C=O) groups is 3. The Labute approximate surface area is 325 Å². The Morgan fingerprint density at radius 2 is 1.06 bits per heavy atom. The highest BCUT2D eigenvalue weighted by Gasteiger charge is 2.31. The fourth-order valence-electron chi connectivity index (χ4n) is 6.18. The van der Waals surface area contributed by atoms with Crippen LogP contribution >= 0.6 is 0 Å². The summed E-state index contributed by atoms with van der Waals surface area (Å²) in [6.45, 7) is 4.57. The largest absolute Gasteiger partial charge is 0.477 e. The predicted octanol–water partition coefficient (Wildman–Crippen LogP) is 11.5. The van der Waals surface area contributed by atoms with Gasteiger partial charge >= 0.3 is 17.9 Å². The van der Waals surface area contributed by atoms with Crippen molar-refractivity contribution < 1.29 is 38.2 Å². The van der Waals surface area contributed by atoms with E-state index in [0.29, 0.717) is 19.3 Å². The molecule has 0 heterocycles. The van der Waals surface area contributed by atoms with Crippen LogP contribution < -0.4 is 0 Å². The first-order valence-corrected chi connectivity index (χ1v) is 21.5. The number of unbranched alkanes of at least 4 members (excludes halogenated alkanes) is 18. The minimum absolute atomic E-state index is 0.0498. The van der Waals surface area contributed by atoms with Gasteiger partial charge in [0.05, 0.1) is 34.4 Å². The normalized spacial score (nSPS) is 13.3. The minimum Gasteiger partial charge on any atom is -0.477 e. The number of aliphatic carboxylic acids is 1. The lowest BCUT2D eigenvalue weighted by molar-refractivity contribution is -0.887. The van der Waals surface area contributed by atoms with Crippen molar-refractivity contribution >= 4 is 17.9 Å². The van der Waals surface area contributed by atoms with E-state index in [1.807, 2.05) is 21.1 Å². The van der Waals surface area contributed by atoms with Crippen LogP contribution in [-0.4, -0.2) is 80.6 Å². The SMILES string of the molecule is CC/C=C/C/C=C/CCCCC(=O)OCC(COCCC(C(=O)O)[N+](C)(C)C)OC(=O)CCCCCCCCC/C=C/CCCCCCCCCCC. The van der Waals surface area contributed by atoms with Gasteiger partial charge in [-0.05, 0) is 64.2 Å². The number of quaternary nitrogens is 1. The summed E-state index contributed by atoms with van der Waals surface area (Å²) in [6.07, 6.45) is 40.6. The van der Waals surface area contributed by atoms with Crippen molar-refractivity contribution in [2.45, 2.75) is 193 Å². The average Bonchev–Trinajstić information content (AvgIpc) is 3.11. The molecule has 1 N–H and O–H groups in total. The average molecular weight is 749 g/mol. The van der Waals surface area contributed by atoms with Crippen molar-refractivity contribution in [1.29, 1.82) is 0 Å². The van der Waals surface area contributed by atoms with Crippen LogP contribution in [0.3, 0.4) is 0 Å². The Bertz CT molecular complexity index is 968. The van der Waals surface area contributed by atoms with Gasteiger partial charge in [-0.2, -0.15) is 0 Å². The smallest absolute Gasteiger partial charge is 0.362 e. The maximum atomic E-state index is 12.7. The topological polar surface area (TPSA) is 99.1 Å². The molecule has 0 aliphatic heterocycles. The molecule has 0 aromatic carbocycles. The van der Waals surface area contributed by atoms with Crippen LogP contribution in [0.2, 0.25) is 0 Å². The van der Waals surface area contributed by atoms with Gasteiger partial charge < -0.3 is 23.8 Å². The molecule has 0 saturated carbocycles. The molecule has 2 atom stereocenters. The van der Waals surface area contributed by atoms with Crippen molar-refractivity contribution in [2.75, 3.05) is 41.0 Å². The van der Waals surface area contributed by atoms with E-state index in [-0.39, 0.29) is 36.2 Å². The summed E-state index contributed by atoms with van der Waals surface area (Å²) < 4.78 is 17.2. The third-order valence-corrected chi connectivity index (χ3v) is 9.52. The zero-order valence-corrected chi connectivity index (χ0v) is 35.0. The Morgan fingerprint density at radius 1 is 0.585 bits per heavy atom. The van der Waals surface area contributed by atoms with Crippen molar-refractivity contribution in [3.8, 4) is 0 Å². The quantitative estimate of drug-likeness (QED) is 0.0290. The minimum atomic E-state index is -0.881. The molecule has 0 amide bonds. The first-order valence-electron chi connectivity index (χ1n) is 21.5. The molecule has 0 spiro atoms.